The molecule has 1 unspecified atom stereocenters. The van der Waals surface area contributed by atoms with Crippen molar-refractivity contribution in [3.63, 3.8) is 0 Å². The lowest BCUT2D eigenvalue weighted by atomic mass is 9.93. The smallest absolute Gasteiger partial charge is 0.232 e. The summed E-state index contributed by atoms with van der Waals surface area (Å²) in [4.78, 5) is 0. The topological polar surface area (TPSA) is 0 Å². The number of hydrogen-bond acceptors (Lipinski definition) is 0. The van der Waals surface area contributed by atoms with Crippen molar-refractivity contribution in [1.29, 1.82) is 0 Å². The molecule has 0 aromatic heterocycles. The van der Waals surface area contributed by atoms with Crippen molar-refractivity contribution in [2.45, 2.75) is 30.9 Å². The molecular formula is C7H7F3. The number of hydrogen-bond donors (Lipinski definition) is 0. The minimum atomic E-state index is -3.06. The first kappa shape index (κ1) is 6.25. The second-order valence-corrected chi connectivity index (χ2v) is 2.95. The van der Waals surface area contributed by atoms with Gasteiger partial charge in [-0.25, -0.2) is 13.2 Å². The summed E-state index contributed by atoms with van der Waals surface area (Å²) in [6, 6.07) is 0. The fourth-order valence-electron chi connectivity index (χ4n) is 1.26. The third-order valence-corrected chi connectivity index (χ3v) is 2.23. The second kappa shape index (κ2) is 1.41. The lowest BCUT2D eigenvalue weighted by Gasteiger charge is -2.17. The van der Waals surface area contributed by atoms with E-state index in [1.807, 2.05) is 0 Å². The molecule has 0 amide bonds. The molecule has 0 radical (unpaired) electrons. The number of halogens is 3. The van der Waals surface area contributed by atoms with Gasteiger partial charge >= 0.3 is 0 Å². The maximum Gasteiger partial charge on any atom is 0.289 e. The molecule has 0 N–H and O–H groups in total. The number of rotatable bonds is 1. The zero-order chi connectivity index (χ0) is 7.41. The van der Waals surface area contributed by atoms with Crippen LogP contribution >= 0.6 is 0 Å². The van der Waals surface area contributed by atoms with Crippen LogP contribution in [0.2, 0.25) is 0 Å². The Balaban J connectivity index is 2.20. The van der Waals surface area contributed by atoms with Crippen LogP contribution in [-0.2, 0) is 0 Å². The molecule has 10 heavy (non-hydrogen) atoms. The van der Waals surface area contributed by atoms with E-state index in [0.29, 0.717) is 12.0 Å². The van der Waals surface area contributed by atoms with Gasteiger partial charge in [-0.05, 0) is 18.4 Å². The summed E-state index contributed by atoms with van der Waals surface area (Å²) in [6.45, 7) is 0. The van der Waals surface area contributed by atoms with Gasteiger partial charge in [0, 0.05) is 0 Å². The summed E-state index contributed by atoms with van der Waals surface area (Å²) in [6.07, 6.45) is 2.26. The lowest BCUT2D eigenvalue weighted by molar-refractivity contribution is 0.0555. The zero-order valence-electron chi connectivity index (χ0n) is 5.33. The van der Waals surface area contributed by atoms with E-state index in [0.717, 1.165) is 6.42 Å². The van der Waals surface area contributed by atoms with Gasteiger partial charge in [0.25, 0.3) is 5.92 Å². The molecule has 0 aromatic rings. The molecule has 2 rings (SSSR count). The molecular weight excluding hydrogens is 141 g/mol. The Labute approximate surface area is 56.7 Å². The third-order valence-electron chi connectivity index (χ3n) is 2.23. The van der Waals surface area contributed by atoms with Gasteiger partial charge in [0.1, 0.15) is 0 Å². The Bertz CT molecular complexity index is 207. The van der Waals surface area contributed by atoms with Gasteiger partial charge in [-0.3, -0.25) is 0 Å². The largest absolute Gasteiger partial charge is 0.289 e. The number of allylic oxidation sites excluding steroid dienone is 2. The molecule has 1 fully saturated rings. The summed E-state index contributed by atoms with van der Waals surface area (Å²) in [5, 5.41) is 0. The highest BCUT2D eigenvalue weighted by Crippen LogP contribution is 2.62. The molecule has 0 nitrogen and oxygen atoms in total. The molecule has 1 atom stereocenters. The van der Waals surface area contributed by atoms with E-state index in [-0.39, 0.29) is 0 Å². The molecule has 2 aliphatic rings. The maximum atomic E-state index is 12.9. The van der Waals surface area contributed by atoms with E-state index < -0.39 is 18.0 Å². The van der Waals surface area contributed by atoms with Crippen LogP contribution in [-0.4, -0.2) is 11.6 Å². The summed E-state index contributed by atoms with van der Waals surface area (Å²) < 4.78 is 37.4. The Morgan fingerprint density at radius 3 is 1.90 bits per heavy atom. The molecule has 0 bridgehead atoms. The maximum absolute atomic E-state index is 12.9. The van der Waals surface area contributed by atoms with E-state index >= 15 is 0 Å². The summed E-state index contributed by atoms with van der Waals surface area (Å²) in [5.41, 5.74) is -1.91. The SMILES string of the molecule is FC1(F)CC1(F)C1=CCC1. The Hall–Kier alpha value is -0.470. The van der Waals surface area contributed by atoms with Crippen LogP contribution in [0.3, 0.4) is 0 Å². The first-order chi connectivity index (χ1) is 4.56. The van der Waals surface area contributed by atoms with Crippen molar-refractivity contribution in [3.05, 3.63) is 11.6 Å². The van der Waals surface area contributed by atoms with Crippen LogP contribution in [0.25, 0.3) is 0 Å². The average Bonchev–Trinajstić information content (AvgIpc) is 1.98. The Kier molecular flexibility index (Phi) is 0.881. The standard InChI is InChI=1S/C7H7F3/c8-6(4-7(6,9)10)5-2-1-3-5/h2H,1,3-4H2. The minimum absolute atomic E-state index is 0.317. The molecule has 56 valence electrons. The molecule has 0 heterocycles. The Morgan fingerprint density at radius 2 is 1.80 bits per heavy atom. The van der Waals surface area contributed by atoms with Crippen molar-refractivity contribution < 1.29 is 13.2 Å². The predicted octanol–water partition coefficient (Wildman–Crippen LogP) is 2.45. The van der Waals surface area contributed by atoms with Crippen molar-refractivity contribution in [2.24, 2.45) is 0 Å². The van der Waals surface area contributed by atoms with Crippen molar-refractivity contribution in [3.8, 4) is 0 Å². The first-order valence-electron chi connectivity index (χ1n) is 3.32. The van der Waals surface area contributed by atoms with Crippen molar-refractivity contribution in [2.75, 3.05) is 0 Å². The molecule has 0 spiro atoms. The minimum Gasteiger partial charge on any atom is -0.232 e. The van der Waals surface area contributed by atoms with Crippen LogP contribution in [0.1, 0.15) is 19.3 Å². The molecule has 1 saturated carbocycles. The first-order valence-corrected chi connectivity index (χ1v) is 3.32. The molecule has 0 aromatic carbocycles. The van der Waals surface area contributed by atoms with Crippen LogP contribution in [0.4, 0.5) is 13.2 Å². The van der Waals surface area contributed by atoms with E-state index in [1.54, 1.807) is 6.08 Å². The van der Waals surface area contributed by atoms with Gasteiger partial charge in [-0.15, -0.1) is 0 Å². The van der Waals surface area contributed by atoms with E-state index in [1.165, 1.54) is 0 Å². The molecule has 2 aliphatic carbocycles. The normalized spacial score (nSPS) is 42.1. The van der Waals surface area contributed by atoms with Gasteiger partial charge in [0.05, 0.1) is 6.42 Å². The van der Waals surface area contributed by atoms with Crippen molar-refractivity contribution in [1.82, 2.24) is 0 Å². The van der Waals surface area contributed by atoms with E-state index in [4.69, 9.17) is 0 Å². The lowest BCUT2D eigenvalue weighted by Crippen LogP contribution is -2.18. The molecule has 0 aliphatic heterocycles. The predicted molar refractivity (Wildman–Crippen MR) is 30.7 cm³/mol. The molecule has 0 saturated heterocycles. The number of alkyl halides is 3. The van der Waals surface area contributed by atoms with Gasteiger partial charge in [0.2, 0.25) is 5.67 Å². The fraction of sp³-hybridized carbons (Fsp3) is 0.714. The summed E-state index contributed by atoms with van der Waals surface area (Å²) >= 11 is 0. The Morgan fingerprint density at radius 1 is 1.30 bits per heavy atom. The highest BCUT2D eigenvalue weighted by Gasteiger charge is 2.75. The average molecular weight is 148 g/mol. The van der Waals surface area contributed by atoms with Crippen LogP contribution < -0.4 is 0 Å². The summed E-state index contributed by atoms with van der Waals surface area (Å²) in [5.74, 6) is -3.06. The monoisotopic (exact) mass is 148 g/mol. The highest BCUT2D eigenvalue weighted by molar-refractivity contribution is 5.37. The molecule has 3 heteroatoms. The summed E-state index contributed by atoms with van der Waals surface area (Å²) in [7, 11) is 0. The quantitative estimate of drug-likeness (QED) is 0.501. The van der Waals surface area contributed by atoms with Gasteiger partial charge in [0.15, 0.2) is 0 Å². The van der Waals surface area contributed by atoms with Crippen LogP contribution in [0, 0.1) is 0 Å². The second-order valence-electron chi connectivity index (χ2n) is 2.95. The van der Waals surface area contributed by atoms with Crippen LogP contribution in [0.5, 0.6) is 0 Å². The van der Waals surface area contributed by atoms with Gasteiger partial charge in [-0.2, -0.15) is 0 Å². The van der Waals surface area contributed by atoms with E-state index in [2.05, 4.69) is 0 Å². The third kappa shape index (κ3) is 0.534. The highest BCUT2D eigenvalue weighted by atomic mass is 19.3. The van der Waals surface area contributed by atoms with Gasteiger partial charge < -0.3 is 0 Å². The van der Waals surface area contributed by atoms with Gasteiger partial charge in [-0.1, -0.05) is 6.08 Å². The van der Waals surface area contributed by atoms with E-state index in [9.17, 15) is 13.2 Å². The zero-order valence-corrected chi connectivity index (χ0v) is 5.33. The fourth-order valence-corrected chi connectivity index (χ4v) is 1.26. The van der Waals surface area contributed by atoms with Crippen LogP contribution in [0.15, 0.2) is 11.6 Å². The van der Waals surface area contributed by atoms with Crippen molar-refractivity contribution >= 4 is 0 Å².